The molecule has 3 heteroatoms. The predicted octanol–water partition coefficient (Wildman–Crippen LogP) is 2.10. The van der Waals surface area contributed by atoms with Gasteiger partial charge in [0.1, 0.15) is 0 Å². The average molecular weight is 169 g/mol. The molecule has 0 aliphatic heterocycles. The van der Waals surface area contributed by atoms with E-state index in [1.54, 1.807) is 12.3 Å². The minimum Gasteiger partial charge on any atom is -0.278 e. The topological polar surface area (TPSA) is 52.5 Å². The van der Waals surface area contributed by atoms with Crippen LogP contribution in [0.4, 0.5) is 0 Å². The Morgan fingerprint density at radius 2 is 2.38 bits per heavy atom. The summed E-state index contributed by atoms with van der Waals surface area (Å²) in [5.41, 5.74) is 2.02. The Morgan fingerprint density at radius 1 is 1.46 bits per heavy atom. The normalized spacial score (nSPS) is 10.7. The van der Waals surface area contributed by atoms with Crippen molar-refractivity contribution in [2.45, 2.75) is 0 Å². The minimum atomic E-state index is 1.01. The van der Waals surface area contributed by atoms with Gasteiger partial charge in [0.05, 0.1) is 17.8 Å². The van der Waals surface area contributed by atoms with Gasteiger partial charge in [0, 0.05) is 11.5 Å². The first-order valence-corrected chi connectivity index (χ1v) is 3.89. The molecule has 3 nitrogen and oxygen atoms in total. The van der Waals surface area contributed by atoms with Crippen molar-refractivity contribution in [1.29, 1.82) is 5.26 Å². The smallest absolute Gasteiger partial charge is 0.0912 e. The molecule has 1 heterocycles. The van der Waals surface area contributed by atoms with Crippen LogP contribution < -0.4 is 0 Å². The molecule has 0 aliphatic rings. The summed E-state index contributed by atoms with van der Waals surface area (Å²) in [5, 5.41) is 16.2. The largest absolute Gasteiger partial charge is 0.278 e. The van der Waals surface area contributed by atoms with Gasteiger partial charge in [0.25, 0.3) is 0 Å². The highest BCUT2D eigenvalue weighted by atomic mass is 15.1. The third kappa shape index (κ3) is 1.42. The van der Waals surface area contributed by atoms with E-state index in [4.69, 9.17) is 5.26 Å². The number of nitriles is 1. The number of aromatic amines is 1. The molecule has 0 bridgehead atoms. The number of allylic oxidation sites excluding steroid dienone is 1. The molecule has 0 amide bonds. The zero-order valence-corrected chi connectivity index (χ0v) is 6.86. The fourth-order valence-corrected chi connectivity index (χ4v) is 1.20. The van der Waals surface area contributed by atoms with Crippen LogP contribution in [0, 0.1) is 11.3 Å². The van der Waals surface area contributed by atoms with E-state index in [9.17, 15) is 0 Å². The van der Waals surface area contributed by atoms with Crippen molar-refractivity contribution in [1.82, 2.24) is 10.2 Å². The molecule has 1 aromatic heterocycles. The van der Waals surface area contributed by atoms with E-state index in [1.165, 1.54) is 6.08 Å². The van der Waals surface area contributed by atoms with Gasteiger partial charge in [-0.3, -0.25) is 5.10 Å². The van der Waals surface area contributed by atoms with Gasteiger partial charge in [0.2, 0.25) is 0 Å². The fourth-order valence-electron chi connectivity index (χ4n) is 1.20. The van der Waals surface area contributed by atoms with E-state index >= 15 is 0 Å². The summed E-state index contributed by atoms with van der Waals surface area (Å²) in [5.74, 6) is 0. The number of hydrogen-bond acceptors (Lipinski definition) is 2. The average Bonchev–Trinajstić information content (AvgIpc) is 2.61. The van der Waals surface area contributed by atoms with E-state index < -0.39 is 0 Å². The molecule has 13 heavy (non-hydrogen) atoms. The highest BCUT2D eigenvalue weighted by Crippen LogP contribution is 2.13. The first-order valence-electron chi connectivity index (χ1n) is 3.89. The standard InChI is InChI=1S/C10H7N3/c11-5-1-2-8-3-4-10-9(6-8)7-12-13-10/h1-4,6-7H,(H,12,13). The molecule has 1 N–H and O–H groups in total. The molecule has 2 rings (SSSR count). The van der Waals surface area contributed by atoms with Crippen LogP contribution in [-0.2, 0) is 0 Å². The lowest BCUT2D eigenvalue weighted by molar-refractivity contribution is 1.12. The lowest BCUT2D eigenvalue weighted by Crippen LogP contribution is -1.71. The second-order valence-corrected chi connectivity index (χ2v) is 2.68. The van der Waals surface area contributed by atoms with Crippen molar-refractivity contribution in [3.63, 3.8) is 0 Å². The summed E-state index contributed by atoms with van der Waals surface area (Å²) >= 11 is 0. The SMILES string of the molecule is N#CC=Cc1ccc2[nH]ncc2c1. The highest BCUT2D eigenvalue weighted by Gasteiger charge is 1.94. The Bertz CT molecular complexity index is 488. The number of nitrogens with zero attached hydrogens (tertiary/aromatic N) is 2. The number of benzene rings is 1. The molecule has 0 atom stereocenters. The number of H-pyrrole nitrogens is 1. The number of fused-ring (bicyclic) bond motifs is 1. The molecule has 62 valence electrons. The minimum absolute atomic E-state index is 1.01. The first kappa shape index (κ1) is 7.56. The second-order valence-electron chi connectivity index (χ2n) is 2.68. The lowest BCUT2D eigenvalue weighted by Gasteiger charge is -1.91. The fraction of sp³-hybridized carbons (Fsp3) is 0. The number of rotatable bonds is 1. The van der Waals surface area contributed by atoms with Gasteiger partial charge in [-0.25, -0.2) is 0 Å². The number of aromatic nitrogens is 2. The maximum absolute atomic E-state index is 8.35. The molecule has 0 saturated heterocycles. The van der Waals surface area contributed by atoms with Gasteiger partial charge in [-0.1, -0.05) is 6.07 Å². The molecule has 0 saturated carbocycles. The van der Waals surface area contributed by atoms with E-state index in [1.807, 2.05) is 24.3 Å². The third-order valence-corrected chi connectivity index (χ3v) is 1.81. The monoisotopic (exact) mass is 169 g/mol. The highest BCUT2D eigenvalue weighted by molar-refractivity contribution is 5.80. The molecule has 1 aromatic carbocycles. The van der Waals surface area contributed by atoms with Crippen LogP contribution in [0.1, 0.15) is 5.56 Å². The molecular weight excluding hydrogens is 162 g/mol. The predicted molar refractivity (Wildman–Crippen MR) is 50.7 cm³/mol. The molecule has 0 unspecified atom stereocenters. The summed E-state index contributed by atoms with van der Waals surface area (Å²) in [7, 11) is 0. The number of nitrogens with one attached hydrogen (secondary N) is 1. The van der Waals surface area contributed by atoms with Crippen molar-refractivity contribution < 1.29 is 0 Å². The van der Waals surface area contributed by atoms with Crippen LogP contribution in [0.2, 0.25) is 0 Å². The molecular formula is C10H7N3. The molecule has 0 fully saturated rings. The van der Waals surface area contributed by atoms with E-state index in [2.05, 4.69) is 10.2 Å². The van der Waals surface area contributed by atoms with Crippen LogP contribution in [-0.4, -0.2) is 10.2 Å². The first-order chi connectivity index (χ1) is 6.40. The quantitative estimate of drug-likeness (QED) is 0.664. The van der Waals surface area contributed by atoms with Gasteiger partial charge < -0.3 is 0 Å². The zero-order chi connectivity index (χ0) is 9.10. The van der Waals surface area contributed by atoms with Gasteiger partial charge in [-0.05, 0) is 23.8 Å². The Balaban J connectivity index is 2.49. The molecule has 0 aliphatic carbocycles. The van der Waals surface area contributed by atoms with Crippen LogP contribution >= 0.6 is 0 Å². The Labute approximate surface area is 75.3 Å². The molecule has 0 spiro atoms. The Kier molecular flexibility index (Phi) is 1.81. The van der Waals surface area contributed by atoms with E-state index in [-0.39, 0.29) is 0 Å². The van der Waals surface area contributed by atoms with Crippen molar-refractivity contribution in [2.24, 2.45) is 0 Å². The molecule has 2 aromatic rings. The van der Waals surface area contributed by atoms with Crippen LogP contribution in [0.3, 0.4) is 0 Å². The van der Waals surface area contributed by atoms with Gasteiger partial charge in [-0.15, -0.1) is 0 Å². The summed E-state index contributed by atoms with van der Waals surface area (Å²) < 4.78 is 0. The van der Waals surface area contributed by atoms with Gasteiger partial charge in [0.15, 0.2) is 0 Å². The Morgan fingerprint density at radius 3 is 3.23 bits per heavy atom. The summed E-state index contributed by atoms with van der Waals surface area (Å²) in [4.78, 5) is 0. The lowest BCUT2D eigenvalue weighted by atomic mass is 10.1. The third-order valence-electron chi connectivity index (χ3n) is 1.81. The maximum atomic E-state index is 8.35. The van der Waals surface area contributed by atoms with Crippen molar-refractivity contribution in [3.8, 4) is 6.07 Å². The van der Waals surface area contributed by atoms with Crippen LogP contribution in [0.5, 0.6) is 0 Å². The van der Waals surface area contributed by atoms with Gasteiger partial charge >= 0.3 is 0 Å². The zero-order valence-electron chi connectivity index (χ0n) is 6.86. The van der Waals surface area contributed by atoms with Crippen LogP contribution in [0.15, 0.2) is 30.5 Å². The maximum Gasteiger partial charge on any atom is 0.0912 e. The van der Waals surface area contributed by atoms with Crippen LogP contribution in [0.25, 0.3) is 17.0 Å². The van der Waals surface area contributed by atoms with Crippen molar-refractivity contribution >= 4 is 17.0 Å². The van der Waals surface area contributed by atoms with E-state index in [0.717, 1.165) is 16.5 Å². The summed E-state index contributed by atoms with van der Waals surface area (Å²) in [6.45, 7) is 0. The van der Waals surface area contributed by atoms with Crippen molar-refractivity contribution in [3.05, 3.63) is 36.0 Å². The van der Waals surface area contributed by atoms with Gasteiger partial charge in [-0.2, -0.15) is 10.4 Å². The van der Waals surface area contributed by atoms with E-state index in [0.29, 0.717) is 0 Å². The second kappa shape index (κ2) is 3.11. The summed E-state index contributed by atoms with van der Waals surface area (Å²) in [6.07, 6.45) is 4.99. The summed E-state index contributed by atoms with van der Waals surface area (Å²) in [6, 6.07) is 7.82. The molecule has 0 radical (unpaired) electrons. The number of hydrogen-bond donors (Lipinski definition) is 1. The Hall–Kier alpha value is -2.08. The van der Waals surface area contributed by atoms with Crippen molar-refractivity contribution in [2.75, 3.05) is 0 Å².